The summed E-state index contributed by atoms with van der Waals surface area (Å²) in [7, 11) is 0. The van der Waals surface area contributed by atoms with Crippen LogP contribution < -0.4 is 0 Å². The van der Waals surface area contributed by atoms with Crippen LogP contribution in [0, 0.1) is 0 Å². The second kappa shape index (κ2) is 13.3. The van der Waals surface area contributed by atoms with E-state index in [2.05, 4.69) is 24.8 Å². The minimum absolute atomic E-state index is 0.327. The van der Waals surface area contributed by atoms with Crippen molar-refractivity contribution in [2.45, 2.75) is 32.6 Å². The quantitative estimate of drug-likeness (QED) is 0.512. The van der Waals surface area contributed by atoms with E-state index >= 15 is 0 Å². The summed E-state index contributed by atoms with van der Waals surface area (Å²) in [5.74, 6) is -0.682. The first-order valence-corrected chi connectivity index (χ1v) is 4.28. The summed E-state index contributed by atoms with van der Waals surface area (Å²) in [5, 5.41) is 8.14. The lowest BCUT2D eigenvalue weighted by molar-refractivity contribution is -0.137. The number of ether oxygens (including phenoxy) is 1. The fraction of sp³-hybridized carbons (Fsp3) is 0.500. The molecule has 0 bridgehead atoms. The summed E-state index contributed by atoms with van der Waals surface area (Å²) in [5.41, 5.74) is 0. The minimum Gasteiger partial charge on any atom is -0.481 e. The van der Waals surface area contributed by atoms with Crippen molar-refractivity contribution >= 4 is 5.97 Å². The van der Waals surface area contributed by atoms with Crippen LogP contribution in [0.15, 0.2) is 25.7 Å². The van der Waals surface area contributed by atoms with E-state index in [1.165, 1.54) is 12.5 Å². The molecule has 0 aliphatic carbocycles. The van der Waals surface area contributed by atoms with Gasteiger partial charge in [-0.1, -0.05) is 32.9 Å². The standard InChI is InChI=1S/C6H12O2.C4H6O/c1-2-3-4-5-6(7)8;1-3-5-4-2/h2-5H2,1H3,(H,7,8);3-4H,1-2H2. The van der Waals surface area contributed by atoms with Crippen molar-refractivity contribution in [2.75, 3.05) is 0 Å². The van der Waals surface area contributed by atoms with Crippen LogP contribution in [-0.4, -0.2) is 11.1 Å². The Kier molecular flexibility index (Phi) is 14.7. The molecule has 0 aliphatic heterocycles. The lowest BCUT2D eigenvalue weighted by Gasteiger charge is -1.89. The van der Waals surface area contributed by atoms with Crippen LogP contribution in [0.3, 0.4) is 0 Å². The summed E-state index contributed by atoms with van der Waals surface area (Å²) in [6, 6.07) is 0. The number of rotatable bonds is 6. The highest BCUT2D eigenvalue weighted by molar-refractivity contribution is 5.66. The molecule has 0 aromatic rings. The Labute approximate surface area is 79.7 Å². The molecule has 0 amide bonds. The van der Waals surface area contributed by atoms with Crippen LogP contribution in [0.25, 0.3) is 0 Å². The van der Waals surface area contributed by atoms with Gasteiger partial charge in [-0.2, -0.15) is 0 Å². The van der Waals surface area contributed by atoms with Crippen molar-refractivity contribution in [3.63, 3.8) is 0 Å². The zero-order valence-corrected chi connectivity index (χ0v) is 8.16. The number of aliphatic carboxylic acids is 1. The zero-order chi connectivity index (χ0) is 10.5. The lowest BCUT2D eigenvalue weighted by Crippen LogP contribution is -1.92. The summed E-state index contributed by atoms with van der Waals surface area (Å²) in [6.07, 6.45) is 5.90. The van der Waals surface area contributed by atoms with E-state index in [0.717, 1.165) is 19.3 Å². The third kappa shape index (κ3) is 24.9. The van der Waals surface area contributed by atoms with Crippen LogP contribution in [0.4, 0.5) is 0 Å². The fourth-order valence-corrected chi connectivity index (χ4v) is 0.594. The van der Waals surface area contributed by atoms with Crippen molar-refractivity contribution in [3.05, 3.63) is 25.7 Å². The zero-order valence-electron chi connectivity index (χ0n) is 8.16. The minimum atomic E-state index is -0.682. The van der Waals surface area contributed by atoms with Crippen LogP contribution in [0.5, 0.6) is 0 Å². The number of hydrogen-bond donors (Lipinski definition) is 1. The number of carboxylic acids is 1. The second-order valence-corrected chi connectivity index (χ2v) is 2.32. The van der Waals surface area contributed by atoms with Crippen LogP contribution in [-0.2, 0) is 9.53 Å². The summed E-state index contributed by atoms with van der Waals surface area (Å²) < 4.78 is 4.36. The lowest BCUT2D eigenvalue weighted by atomic mass is 10.2. The Balaban J connectivity index is 0. The van der Waals surface area contributed by atoms with Crippen LogP contribution >= 0.6 is 0 Å². The van der Waals surface area contributed by atoms with E-state index in [1.807, 2.05) is 0 Å². The third-order valence-corrected chi connectivity index (χ3v) is 1.19. The van der Waals surface area contributed by atoms with Gasteiger partial charge < -0.3 is 9.84 Å². The molecule has 13 heavy (non-hydrogen) atoms. The van der Waals surface area contributed by atoms with Gasteiger partial charge in [-0.15, -0.1) is 0 Å². The van der Waals surface area contributed by atoms with Crippen molar-refractivity contribution < 1.29 is 14.6 Å². The van der Waals surface area contributed by atoms with Gasteiger partial charge in [0.05, 0.1) is 12.5 Å². The van der Waals surface area contributed by atoms with E-state index in [0.29, 0.717) is 6.42 Å². The molecule has 0 aliphatic rings. The molecule has 0 saturated carbocycles. The first-order chi connectivity index (χ1) is 6.18. The first-order valence-electron chi connectivity index (χ1n) is 4.28. The molecular formula is C10H18O3. The summed E-state index contributed by atoms with van der Waals surface area (Å²) in [6.45, 7) is 8.57. The van der Waals surface area contributed by atoms with Gasteiger partial charge in [0, 0.05) is 6.42 Å². The van der Waals surface area contributed by atoms with Gasteiger partial charge in [0.25, 0.3) is 0 Å². The maximum Gasteiger partial charge on any atom is 0.303 e. The molecule has 0 aromatic carbocycles. The van der Waals surface area contributed by atoms with Gasteiger partial charge in [-0.3, -0.25) is 4.79 Å². The predicted octanol–water partition coefficient (Wildman–Crippen LogP) is 2.94. The molecule has 0 aromatic heterocycles. The Morgan fingerprint density at radius 1 is 1.38 bits per heavy atom. The Morgan fingerprint density at radius 2 is 1.92 bits per heavy atom. The van der Waals surface area contributed by atoms with Crippen molar-refractivity contribution in [2.24, 2.45) is 0 Å². The highest BCUT2D eigenvalue weighted by Gasteiger charge is 1.92. The molecule has 3 nitrogen and oxygen atoms in total. The van der Waals surface area contributed by atoms with Crippen molar-refractivity contribution in [1.82, 2.24) is 0 Å². The predicted molar refractivity (Wildman–Crippen MR) is 53.3 cm³/mol. The number of unbranched alkanes of at least 4 members (excludes halogenated alkanes) is 2. The highest BCUT2D eigenvalue weighted by Crippen LogP contribution is 1.97. The van der Waals surface area contributed by atoms with Crippen molar-refractivity contribution in [1.29, 1.82) is 0 Å². The van der Waals surface area contributed by atoms with Crippen molar-refractivity contribution in [3.8, 4) is 0 Å². The van der Waals surface area contributed by atoms with E-state index in [4.69, 9.17) is 5.11 Å². The molecule has 0 saturated heterocycles. The molecule has 76 valence electrons. The molecule has 3 heteroatoms. The third-order valence-electron chi connectivity index (χ3n) is 1.19. The topological polar surface area (TPSA) is 46.5 Å². The smallest absolute Gasteiger partial charge is 0.303 e. The average molecular weight is 186 g/mol. The molecule has 0 heterocycles. The van der Waals surface area contributed by atoms with Gasteiger partial charge in [0.15, 0.2) is 0 Å². The molecule has 0 fully saturated rings. The maximum atomic E-state index is 9.87. The van der Waals surface area contributed by atoms with Gasteiger partial charge in [0.2, 0.25) is 0 Å². The molecule has 0 unspecified atom stereocenters. The number of carbonyl (C=O) groups is 1. The fourth-order valence-electron chi connectivity index (χ4n) is 0.594. The monoisotopic (exact) mass is 186 g/mol. The maximum absolute atomic E-state index is 9.87. The molecule has 0 spiro atoms. The number of carboxylic acid groups (broad SMARTS) is 1. The normalized spacial score (nSPS) is 7.77. The molecule has 0 rings (SSSR count). The first kappa shape index (κ1) is 14.3. The summed E-state index contributed by atoms with van der Waals surface area (Å²) in [4.78, 5) is 9.87. The molecular weight excluding hydrogens is 168 g/mol. The van der Waals surface area contributed by atoms with E-state index in [-0.39, 0.29) is 0 Å². The van der Waals surface area contributed by atoms with Gasteiger partial charge in [-0.25, -0.2) is 0 Å². The van der Waals surface area contributed by atoms with E-state index in [1.54, 1.807) is 0 Å². The average Bonchev–Trinajstić information content (AvgIpc) is 2.07. The Bertz CT molecular complexity index is 135. The SMILES string of the molecule is C=COC=C.CCCCCC(=O)O. The molecule has 0 atom stereocenters. The number of hydrogen-bond acceptors (Lipinski definition) is 2. The largest absolute Gasteiger partial charge is 0.481 e. The summed E-state index contributed by atoms with van der Waals surface area (Å²) >= 11 is 0. The van der Waals surface area contributed by atoms with Crippen LogP contribution in [0.1, 0.15) is 32.6 Å². The van der Waals surface area contributed by atoms with E-state index < -0.39 is 5.97 Å². The Morgan fingerprint density at radius 3 is 2.15 bits per heavy atom. The van der Waals surface area contributed by atoms with Gasteiger partial charge in [-0.05, 0) is 6.42 Å². The highest BCUT2D eigenvalue weighted by atomic mass is 16.5. The van der Waals surface area contributed by atoms with E-state index in [9.17, 15) is 4.79 Å². The van der Waals surface area contributed by atoms with Gasteiger partial charge >= 0.3 is 5.97 Å². The molecule has 1 N–H and O–H groups in total. The second-order valence-electron chi connectivity index (χ2n) is 2.32. The van der Waals surface area contributed by atoms with Gasteiger partial charge in [0.1, 0.15) is 0 Å². The van der Waals surface area contributed by atoms with Crippen LogP contribution in [0.2, 0.25) is 0 Å². The Hall–Kier alpha value is -1.25. The molecule has 0 radical (unpaired) electrons.